The van der Waals surface area contributed by atoms with Gasteiger partial charge in [0, 0.05) is 10.8 Å². The van der Waals surface area contributed by atoms with Crippen LogP contribution in [-0.2, 0) is 80.8 Å². The molecule has 0 aliphatic rings. The molecule has 0 amide bonds. The maximum atomic E-state index is 13.5. The molecule has 0 unspecified atom stereocenters. The molecule has 342 valence electrons. The molecule has 2 N–H and O–H groups in total. The summed E-state index contributed by atoms with van der Waals surface area (Å²) in [6, 6.07) is 10.7. The topological polar surface area (TPSA) is 436 Å². The summed E-state index contributed by atoms with van der Waals surface area (Å²) >= 11 is 0. The Morgan fingerprint density at radius 2 is 0.514 bits per heavy atom. The quantitative estimate of drug-likeness (QED) is 0.0801. The van der Waals surface area contributed by atoms with Crippen molar-refractivity contribution in [3.8, 4) is 11.1 Å². The van der Waals surface area contributed by atoms with Gasteiger partial charge in [0.2, 0.25) is 0 Å². The van der Waals surface area contributed by atoms with Crippen molar-refractivity contribution in [3.05, 3.63) is 97.1 Å². The molecule has 6 aromatic rings. The summed E-state index contributed by atoms with van der Waals surface area (Å²) in [6.45, 7) is 0. The first-order chi connectivity index (χ1) is 29.0. The SMILES string of the molecule is O=S(=O)([O-])c1cc(NS(=O)(=O)c2ccc(-c3ccc(S(=O)(=O)Nc4cc(S(=O)(=O)[O-])cc5cc(S(=O)(=O)[O-])cc(S(=O)(=O)[O-])c45)cc3)cc2)c2c(S(=O)(=O)[O-])cc(S(=O)(=O)[O-])cc2c1.[Na+].[Na+].[Na+].[Na+].[Na+].[Na+]. The number of rotatable bonds is 13. The van der Waals surface area contributed by atoms with Crippen LogP contribution in [-0.4, -0.2) is 94.7 Å². The van der Waals surface area contributed by atoms with Gasteiger partial charge in [-0.05, 0) is 94.7 Å². The van der Waals surface area contributed by atoms with Crippen molar-refractivity contribution in [2.45, 2.75) is 39.2 Å². The average molecular weight is 1180 g/mol. The number of fused-ring (bicyclic) bond motifs is 2. The minimum Gasteiger partial charge on any atom is -0.744 e. The molecular formula is C32H18N2Na6O22S8. The summed E-state index contributed by atoms with van der Waals surface area (Å²) in [6.07, 6.45) is 0. The third-order valence-electron chi connectivity index (χ3n) is 8.76. The Morgan fingerprint density at radius 3 is 0.729 bits per heavy atom. The van der Waals surface area contributed by atoms with Gasteiger partial charge < -0.3 is 27.3 Å². The molecule has 38 heteroatoms. The van der Waals surface area contributed by atoms with Gasteiger partial charge >= 0.3 is 177 Å². The molecule has 0 fully saturated rings. The van der Waals surface area contributed by atoms with E-state index >= 15 is 0 Å². The Labute approximate surface area is 533 Å². The summed E-state index contributed by atoms with van der Waals surface area (Å²) in [5.74, 6) is 0. The zero-order valence-corrected chi connectivity index (χ0v) is 55.0. The fourth-order valence-corrected chi connectivity index (χ4v) is 11.9. The summed E-state index contributed by atoms with van der Waals surface area (Å²) in [5.41, 5.74) is -1.74. The van der Waals surface area contributed by atoms with Crippen molar-refractivity contribution in [2.24, 2.45) is 0 Å². The maximum Gasteiger partial charge on any atom is 1.00 e. The van der Waals surface area contributed by atoms with Crippen LogP contribution in [0.15, 0.2) is 136 Å². The molecule has 0 aromatic heterocycles. The number of hydrogen-bond acceptors (Lipinski definition) is 22. The second-order valence-corrected chi connectivity index (χ2v) is 24.5. The Hall–Kier alpha value is 0.800. The van der Waals surface area contributed by atoms with Gasteiger partial charge in [-0.3, -0.25) is 9.44 Å². The Balaban J connectivity index is 0.00000793. The Kier molecular flexibility index (Phi) is 25.4. The number of hydrogen-bond donors (Lipinski definition) is 2. The molecule has 0 heterocycles. The van der Waals surface area contributed by atoms with Crippen molar-refractivity contribution in [1.82, 2.24) is 0 Å². The first-order valence-corrected chi connectivity index (χ1v) is 27.6. The van der Waals surface area contributed by atoms with Crippen LogP contribution in [0.4, 0.5) is 11.4 Å². The maximum absolute atomic E-state index is 13.5. The molecule has 6 aromatic carbocycles. The minimum atomic E-state index is -5.75. The Bertz CT molecular complexity index is 3690. The van der Waals surface area contributed by atoms with Crippen LogP contribution in [0.1, 0.15) is 0 Å². The second kappa shape index (κ2) is 25.1. The number of nitrogens with one attached hydrogen (secondary N) is 2. The fourth-order valence-electron chi connectivity index (χ4n) is 6.04. The van der Waals surface area contributed by atoms with E-state index in [1.807, 2.05) is 9.44 Å². The molecule has 0 aliphatic carbocycles. The normalized spacial score (nSPS) is 12.4. The zero-order valence-electron chi connectivity index (χ0n) is 36.5. The van der Waals surface area contributed by atoms with Gasteiger partial charge in [0.1, 0.15) is 60.7 Å². The Morgan fingerprint density at radius 1 is 0.286 bits per heavy atom. The molecule has 0 atom stereocenters. The van der Waals surface area contributed by atoms with E-state index in [0.717, 1.165) is 48.5 Å². The molecule has 0 bridgehead atoms. The van der Waals surface area contributed by atoms with Crippen LogP contribution >= 0.6 is 0 Å². The van der Waals surface area contributed by atoms with Crippen molar-refractivity contribution < 1.29 is 272 Å². The predicted octanol–water partition coefficient (Wildman–Crippen LogP) is -17.3. The summed E-state index contributed by atoms with van der Waals surface area (Å²) in [7, 11) is -43.4. The van der Waals surface area contributed by atoms with Gasteiger partial charge in [-0.1, -0.05) is 24.3 Å². The van der Waals surface area contributed by atoms with Gasteiger partial charge in [-0.25, -0.2) is 67.3 Å². The summed E-state index contributed by atoms with van der Waals surface area (Å²) < 4.78 is 272. The second-order valence-electron chi connectivity index (χ2n) is 13.0. The van der Waals surface area contributed by atoms with Crippen LogP contribution in [0.5, 0.6) is 0 Å². The first-order valence-electron chi connectivity index (χ1n) is 16.2. The molecule has 0 saturated heterocycles. The first kappa shape index (κ1) is 70.8. The molecule has 24 nitrogen and oxygen atoms in total. The van der Waals surface area contributed by atoms with Crippen LogP contribution in [0.2, 0.25) is 0 Å². The molecule has 0 saturated carbocycles. The van der Waals surface area contributed by atoms with E-state index in [4.69, 9.17) is 0 Å². The monoisotopic (exact) mass is 1180 g/mol. The van der Waals surface area contributed by atoms with E-state index in [-0.39, 0.29) is 201 Å². The van der Waals surface area contributed by atoms with Crippen LogP contribution in [0, 0.1) is 0 Å². The fraction of sp³-hybridized carbons (Fsp3) is 0. The van der Waals surface area contributed by atoms with E-state index < -0.39 is 153 Å². The average Bonchev–Trinajstić information content (AvgIpc) is 3.14. The third kappa shape index (κ3) is 16.4. The molecule has 0 spiro atoms. The van der Waals surface area contributed by atoms with E-state index in [1.165, 1.54) is 0 Å². The minimum absolute atomic E-state index is 0. The van der Waals surface area contributed by atoms with Crippen LogP contribution in [0.25, 0.3) is 32.7 Å². The van der Waals surface area contributed by atoms with Crippen LogP contribution < -0.4 is 187 Å². The number of benzene rings is 6. The van der Waals surface area contributed by atoms with E-state index in [1.54, 1.807) is 0 Å². The predicted molar refractivity (Wildman–Crippen MR) is 209 cm³/mol. The van der Waals surface area contributed by atoms with Crippen molar-refractivity contribution in [1.29, 1.82) is 0 Å². The summed E-state index contributed by atoms with van der Waals surface area (Å²) in [5, 5.41) is -3.51. The van der Waals surface area contributed by atoms with Crippen molar-refractivity contribution in [3.63, 3.8) is 0 Å². The third-order valence-corrected chi connectivity index (χ3v) is 16.5. The molecule has 6 rings (SSSR count). The zero-order chi connectivity index (χ0) is 48.0. The standard InChI is InChI=1S/C32H24N2O22S8.6Na/c35-57(36,33-27-13-23(59(39,40)41)9-19-11-25(61(45,46)47)15-29(31(19)27)63(51,52)53)21-5-1-17(2-6-21)18-3-7-22(8-4-18)58(37,38)34-28-14-24(60(42,43)44)10-20-12-26(62(48,49)50)16-30(32(20)28)64(54,55)56;;;;;;/h1-16,33-34H,(H,39,40,41)(H,42,43,44)(H,45,46,47)(H,48,49,50)(H,51,52,53)(H,54,55,56);;;;;;/q;6*+1/p-6. The van der Waals surface area contributed by atoms with E-state index in [0.29, 0.717) is 36.4 Å². The van der Waals surface area contributed by atoms with Gasteiger partial charge in [0.25, 0.3) is 20.0 Å². The summed E-state index contributed by atoms with van der Waals surface area (Å²) in [4.78, 5) is -9.44. The van der Waals surface area contributed by atoms with Gasteiger partial charge in [0.15, 0.2) is 0 Å². The largest absolute Gasteiger partial charge is 1.00 e. The molecule has 0 aliphatic heterocycles. The van der Waals surface area contributed by atoms with Crippen molar-refractivity contribution in [2.75, 3.05) is 9.44 Å². The van der Waals surface area contributed by atoms with Gasteiger partial charge in [0.05, 0.1) is 50.5 Å². The van der Waals surface area contributed by atoms with Gasteiger partial charge in [-0.2, -0.15) is 0 Å². The number of anilines is 2. The smallest absolute Gasteiger partial charge is 0.744 e. The van der Waals surface area contributed by atoms with Crippen LogP contribution in [0.3, 0.4) is 0 Å². The van der Waals surface area contributed by atoms with Crippen molar-refractivity contribution >= 4 is 114 Å². The number of sulfonamides is 2. The molecule has 70 heavy (non-hydrogen) atoms. The van der Waals surface area contributed by atoms with E-state index in [2.05, 4.69) is 0 Å². The van der Waals surface area contributed by atoms with E-state index in [9.17, 15) is 94.7 Å². The molecule has 0 radical (unpaired) electrons. The van der Waals surface area contributed by atoms with Gasteiger partial charge in [-0.15, -0.1) is 0 Å². The molecular weight excluding hydrogens is 1160 g/mol.